The summed E-state index contributed by atoms with van der Waals surface area (Å²) in [6.07, 6.45) is 9.75. The second-order valence-corrected chi connectivity index (χ2v) is 7.46. The normalized spacial score (nSPS) is 22.9. The first-order valence-corrected chi connectivity index (χ1v) is 8.53. The maximum atomic E-state index is 6.05. The highest BCUT2D eigenvalue weighted by atomic mass is 35.5. The molecule has 0 bridgehead atoms. The SMILES string of the molecule is CCCNCC1(c2ccc(Cl)cc2)CC2(CCCC2)C1. The van der Waals surface area contributed by atoms with Gasteiger partial charge < -0.3 is 5.32 Å². The molecule has 0 saturated heterocycles. The highest BCUT2D eigenvalue weighted by molar-refractivity contribution is 6.30. The lowest BCUT2D eigenvalue weighted by Gasteiger charge is -2.56. The van der Waals surface area contributed by atoms with Crippen molar-refractivity contribution in [3.8, 4) is 0 Å². The van der Waals surface area contributed by atoms with Crippen molar-refractivity contribution in [2.75, 3.05) is 13.1 Å². The monoisotopic (exact) mass is 291 g/mol. The van der Waals surface area contributed by atoms with E-state index in [0.29, 0.717) is 10.8 Å². The van der Waals surface area contributed by atoms with Crippen LogP contribution < -0.4 is 5.32 Å². The average molecular weight is 292 g/mol. The Bertz CT molecular complexity index is 437. The van der Waals surface area contributed by atoms with Gasteiger partial charge in [-0.05, 0) is 61.8 Å². The highest BCUT2D eigenvalue weighted by Gasteiger charge is 2.55. The number of halogens is 1. The van der Waals surface area contributed by atoms with Crippen molar-refractivity contribution < 1.29 is 0 Å². The summed E-state index contributed by atoms with van der Waals surface area (Å²) in [4.78, 5) is 0. The molecule has 0 atom stereocenters. The largest absolute Gasteiger partial charge is 0.316 e. The second-order valence-electron chi connectivity index (χ2n) is 7.02. The molecule has 1 nitrogen and oxygen atoms in total. The molecule has 0 amide bonds. The molecule has 2 saturated carbocycles. The van der Waals surface area contributed by atoms with Crippen LogP contribution in [0.25, 0.3) is 0 Å². The summed E-state index contributed by atoms with van der Waals surface area (Å²) in [6.45, 7) is 4.49. The summed E-state index contributed by atoms with van der Waals surface area (Å²) in [7, 11) is 0. The molecular weight excluding hydrogens is 266 g/mol. The molecule has 0 aromatic heterocycles. The van der Waals surface area contributed by atoms with Crippen molar-refractivity contribution in [1.82, 2.24) is 5.32 Å². The van der Waals surface area contributed by atoms with Crippen LogP contribution in [-0.4, -0.2) is 13.1 Å². The van der Waals surface area contributed by atoms with E-state index in [2.05, 4.69) is 36.5 Å². The lowest BCUT2D eigenvalue weighted by atomic mass is 9.49. The van der Waals surface area contributed by atoms with Gasteiger partial charge in [0.15, 0.2) is 0 Å². The Hall–Kier alpha value is -0.530. The standard InChI is InChI=1S/C18H26ClN/c1-2-11-20-14-18(15-5-7-16(19)8-6-15)12-17(13-18)9-3-4-10-17/h5-8,20H,2-4,9-14H2,1H3. The smallest absolute Gasteiger partial charge is 0.0406 e. The minimum atomic E-state index is 0.365. The number of benzene rings is 1. The van der Waals surface area contributed by atoms with Gasteiger partial charge in [0.1, 0.15) is 0 Å². The number of nitrogens with one attached hydrogen (secondary N) is 1. The molecule has 0 aliphatic heterocycles. The van der Waals surface area contributed by atoms with E-state index in [1.165, 1.54) is 50.5 Å². The maximum Gasteiger partial charge on any atom is 0.0406 e. The topological polar surface area (TPSA) is 12.0 Å². The molecule has 1 aromatic rings. The summed E-state index contributed by atoms with van der Waals surface area (Å²) in [5.41, 5.74) is 2.53. The molecule has 2 fully saturated rings. The van der Waals surface area contributed by atoms with Crippen LogP contribution >= 0.6 is 11.6 Å². The van der Waals surface area contributed by atoms with E-state index in [9.17, 15) is 0 Å². The lowest BCUT2D eigenvalue weighted by molar-refractivity contribution is 0.0271. The molecule has 1 N–H and O–H groups in total. The molecule has 20 heavy (non-hydrogen) atoms. The Kier molecular flexibility index (Phi) is 4.10. The minimum Gasteiger partial charge on any atom is -0.316 e. The highest BCUT2D eigenvalue weighted by Crippen LogP contribution is 2.62. The third-order valence-corrected chi connectivity index (χ3v) is 5.69. The number of hydrogen-bond donors (Lipinski definition) is 1. The van der Waals surface area contributed by atoms with E-state index in [-0.39, 0.29) is 0 Å². The summed E-state index contributed by atoms with van der Waals surface area (Å²) in [5, 5.41) is 4.51. The van der Waals surface area contributed by atoms with Crippen LogP contribution in [-0.2, 0) is 5.41 Å². The molecule has 0 heterocycles. The fourth-order valence-electron chi connectivity index (χ4n) is 4.60. The van der Waals surface area contributed by atoms with Crippen molar-refractivity contribution in [2.45, 2.75) is 57.3 Å². The van der Waals surface area contributed by atoms with E-state index < -0.39 is 0 Å². The molecule has 110 valence electrons. The summed E-state index contributed by atoms with van der Waals surface area (Å²) >= 11 is 6.05. The predicted molar refractivity (Wildman–Crippen MR) is 86.4 cm³/mol. The summed E-state index contributed by atoms with van der Waals surface area (Å²) < 4.78 is 0. The Morgan fingerprint density at radius 2 is 1.75 bits per heavy atom. The third kappa shape index (κ3) is 2.63. The van der Waals surface area contributed by atoms with Crippen LogP contribution in [0.15, 0.2) is 24.3 Å². The first-order valence-electron chi connectivity index (χ1n) is 8.15. The van der Waals surface area contributed by atoms with Gasteiger partial charge in [0.2, 0.25) is 0 Å². The number of rotatable bonds is 5. The van der Waals surface area contributed by atoms with Gasteiger partial charge in [-0.2, -0.15) is 0 Å². The van der Waals surface area contributed by atoms with Crippen molar-refractivity contribution in [3.05, 3.63) is 34.9 Å². The van der Waals surface area contributed by atoms with Crippen molar-refractivity contribution >= 4 is 11.6 Å². The molecular formula is C18H26ClN. The Morgan fingerprint density at radius 3 is 2.35 bits per heavy atom. The zero-order valence-corrected chi connectivity index (χ0v) is 13.3. The molecule has 0 unspecified atom stereocenters. The molecule has 3 rings (SSSR count). The minimum absolute atomic E-state index is 0.365. The van der Waals surface area contributed by atoms with Crippen LogP contribution in [0, 0.1) is 5.41 Å². The van der Waals surface area contributed by atoms with Gasteiger partial charge in [0.05, 0.1) is 0 Å². The Morgan fingerprint density at radius 1 is 1.10 bits per heavy atom. The lowest BCUT2D eigenvalue weighted by Crippen LogP contribution is -2.53. The van der Waals surface area contributed by atoms with Crippen molar-refractivity contribution in [1.29, 1.82) is 0 Å². The maximum absolute atomic E-state index is 6.05. The van der Waals surface area contributed by atoms with Crippen LogP contribution in [0.3, 0.4) is 0 Å². The van der Waals surface area contributed by atoms with Gasteiger partial charge in [0, 0.05) is 17.0 Å². The van der Waals surface area contributed by atoms with Crippen LogP contribution in [0.5, 0.6) is 0 Å². The fourth-order valence-corrected chi connectivity index (χ4v) is 4.73. The molecule has 2 heteroatoms. The summed E-state index contributed by atoms with van der Waals surface area (Å²) in [6, 6.07) is 8.60. The van der Waals surface area contributed by atoms with Gasteiger partial charge in [-0.15, -0.1) is 0 Å². The van der Waals surface area contributed by atoms with Crippen molar-refractivity contribution in [2.24, 2.45) is 5.41 Å². The first-order chi connectivity index (χ1) is 9.68. The van der Waals surface area contributed by atoms with E-state index in [1.807, 2.05) is 0 Å². The van der Waals surface area contributed by atoms with Crippen LogP contribution in [0.1, 0.15) is 57.4 Å². The molecule has 1 spiro atoms. The van der Waals surface area contributed by atoms with Gasteiger partial charge in [-0.3, -0.25) is 0 Å². The van der Waals surface area contributed by atoms with Gasteiger partial charge in [0.25, 0.3) is 0 Å². The average Bonchev–Trinajstić information content (AvgIpc) is 2.88. The van der Waals surface area contributed by atoms with Gasteiger partial charge in [-0.1, -0.05) is 43.5 Å². The van der Waals surface area contributed by atoms with Gasteiger partial charge in [-0.25, -0.2) is 0 Å². The van der Waals surface area contributed by atoms with Crippen LogP contribution in [0.4, 0.5) is 0 Å². The predicted octanol–water partition coefficient (Wildman–Crippen LogP) is 4.93. The second kappa shape index (κ2) is 5.69. The number of hydrogen-bond acceptors (Lipinski definition) is 1. The van der Waals surface area contributed by atoms with Crippen molar-refractivity contribution in [3.63, 3.8) is 0 Å². The van der Waals surface area contributed by atoms with Crippen LogP contribution in [0.2, 0.25) is 5.02 Å². The van der Waals surface area contributed by atoms with E-state index >= 15 is 0 Å². The van der Waals surface area contributed by atoms with E-state index in [1.54, 1.807) is 0 Å². The fraction of sp³-hybridized carbons (Fsp3) is 0.667. The quantitative estimate of drug-likeness (QED) is 0.758. The summed E-state index contributed by atoms with van der Waals surface area (Å²) in [5.74, 6) is 0. The van der Waals surface area contributed by atoms with Gasteiger partial charge >= 0.3 is 0 Å². The Labute approximate surface area is 128 Å². The Balaban J connectivity index is 1.76. The third-order valence-electron chi connectivity index (χ3n) is 5.44. The van der Waals surface area contributed by atoms with E-state index in [0.717, 1.165) is 18.1 Å². The first kappa shape index (κ1) is 14.4. The molecule has 2 aliphatic rings. The molecule has 2 aliphatic carbocycles. The zero-order valence-electron chi connectivity index (χ0n) is 12.6. The zero-order chi connectivity index (χ0) is 14.1. The van der Waals surface area contributed by atoms with E-state index in [4.69, 9.17) is 11.6 Å². The molecule has 1 aromatic carbocycles. The molecule has 0 radical (unpaired) electrons.